The van der Waals surface area contributed by atoms with Crippen LogP contribution in [0.5, 0.6) is 0 Å². The first-order valence-corrected chi connectivity index (χ1v) is 19.4. The van der Waals surface area contributed by atoms with Crippen LogP contribution < -0.4 is 0 Å². The zero-order valence-electron chi connectivity index (χ0n) is 30.8. The zero-order valence-corrected chi connectivity index (χ0v) is 30.8. The van der Waals surface area contributed by atoms with Gasteiger partial charge >= 0.3 is 0 Å². The van der Waals surface area contributed by atoms with Crippen molar-refractivity contribution in [2.45, 2.75) is 0 Å². The molecule has 266 valence electrons. The molecule has 0 aliphatic rings. The predicted octanol–water partition coefficient (Wildman–Crippen LogP) is 15.3. The van der Waals surface area contributed by atoms with Crippen LogP contribution in [0.1, 0.15) is 0 Å². The number of para-hydroxylation sites is 2. The van der Waals surface area contributed by atoms with E-state index in [1.807, 2.05) is 0 Å². The monoisotopic (exact) mass is 727 g/mol. The molecule has 57 heavy (non-hydrogen) atoms. The Labute approximate surface area is 328 Å². The van der Waals surface area contributed by atoms with Gasteiger partial charge in [-0.05, 0) is 123 Å². The maximum absolute atomic E-state index is 6.47. The van der Waals surface area contributed by atoms with Gasteiger partial charge in [-0.25, -0.2) is 0 Å². The fraction of sp³-hybridized carbons (Fsp3) is 0. The molecule has 12 aromatic rings. The van der Waals surface area contributed by atoms with Gasteiger partial charge in [0, 0.05) is 44.1 Å². The minimum absolute atomic E-state index is 0.817. The first-order valence-electron chi connectivity index (χ1n) is 19.4. The van der Waals surface area contributed by atoms with Crippen molar-refractivity contribution in [2.24, 2.45) is 0 Å². The largest absolute Gasteiger partial charge is 0.456 e. The fourth-order valence-corrected chi connectivity index (χ4v) is 8.80. The molecule has 9 aromatic carbocycles. The average Bonchev–Trinajstić information content (AvgIpc) is 3.94. The molecule has 0 atom stereocenters. The Morgan fingerprint density at radius 3 is 1.28 bits per heavy atom. The summed E-state index contributed by atoms with van der Waals surface area (Å²) < 4.78 is 15.3. The van der Waals surface area contributed by atoms with Crippen molar-refractivity contribution in [3.63, 3.8) is 0 Å². The van der Waals surface area contributed by atoms with Crippen LogP contribution in [-0.2, 0) is 0 Å². The van der Waals surface area contributed by atoms with E-state index in [1.54, 1.807) is 0 Å². The summed E-state index contributed by atoms with van der Waals surface area (Å²) in [5.74, 6) is 0. The van der Waals surface area contributed by atoms with E-state index in [-0.39, 0.29) is 0 Å². The van der Waals surface area contributed by atoms with Gasteiger partial charge in [0.25, 0.3) is 0 Å². The molecule has 0 bridgehead atoms. The third-order valence-corrected chi connectivity index (χ3v) is 11.6. The van der Waals surface area contributed by atoms with Crippen LogP contribution >= 0.6 is 0 Å². The molecule has 0 fully saturated rings. The average molecular weight is 728 g/mol. The van der Waals surface area contributed by atoms with Crippen molar-refractivity contribution in [3.05, 3.63) is 200 Å². The summed E-state index contributed by atoms with van der Waals surface area (Å²) in [5, 5.41) is 6.80. The summed E-state index contributed by atoms with van der Waals surface area (Å²) in [4.78, 5) is 0. The molecule has 0 saturated carbocycles. The minimum Gasteiger partial charge on any atom is -0.456 e. The molecule has 0 aliphatic carbocycles. The number of hydrogen-bond acceptors (Lipinski definition) is 2. The first kappa shape index (κ1) is 31.7. The predicted molar refractivity (Wildman–Crippen MR) is 237 cm³/mol. The molecular formula is C54H33NO2. The van der Waals surface area contributed by atoms with Crippen molar-refractivity contribution in [3.8, 4) is 50.2 Å². The van der Waals surface area contributed by atoms with Crippen molar-refractivity contribution in [1.29, 1.82) is 0 Å². The lowest BCUT2D eigenvalue weighted by molar-refractivity contribution is 0.656. The summed E-state index contributed by atoms with van der Waals surface area (Å²) in [5.41, 5.74) is 16.3. The van der Waals surface area contributed by atoms with Gasteiger partial charge in [0.05, 0.1) is 11.0 Å². The van der Waals surface area contributed by atoms with E-state index < -0.39 is 0 Å². The smallest absolute Gasteiger partial charge is 0.139 e. The lowest BCUT2D eigenvalue weighted by atomic mass is 9.93. The summed E-state index contributed by atoms with van der Waals surface area (Å²) >= 11 is 0. The van der Waals surface area contributed by atoms with Gasteiger partial charge in [0.2, 0.25) is 0 Å². The van der Waals surface area contributed by atoms with Crippen molar-refractivity contribution in [1.82, 2.24) is 4.57 Å². The molecule has 0 aliphatic heterocycles. The molecule has 3 heteroatoms. The van der Waals surface area contributed by atoms with E-state index in [1.165, 1.54) is 49.6 Å². The van der Waals surface area contributed by atoms with E-state index >= 15 is 0 Å². The number of fused-ring (bicyclic) bond motifs is 9. The van der Waals surface area contributed by atoms with Gasteiger partial charge < -0.3 is 13.4 Å². The Bertz CT molecular complexity index is 3440. The highest BCUT2D eigenvalue weighted by Gasteiger charge is 2.17. The number of benzene rings is 9. The molecule has 0 spiro atoms. The molecule has 0 saturated heterocycles. The van der Waals surface area contributed by atoms with Crippen LogP contribution in [0.4, 0.5) is 0 Å². The Morgan fingerprint density at radius 2 is 0.684 bits per heavy atom. The van der Waals surface area contributed by atoms with Crippen LogP contribution in [0.15, 0.2) is 209 Å². The quantitative estimate of drug-likeness (QED) is 0.177. The summed E-state index contributed by atoms with van der Waals surface area (Å²) in [6, 6.07) is 71.6. The maximum Gasteiger partial charge on any atom is 0.139 e. The Hall–Kier alpha value is -7.62. The van der Waals surface area contributed by atoms with Crippen LogP contribution in [0.3, 0.4) is 0 Å². The zero-order chi connectivity index (χ0) is 37.5. The Morgan fingerprint density at radius 1 is 0.246 bits per heavy atom. The summed E-state index contributed by atoms with van der Waals surface area (Å²) in [7, 11) is 0. The topological polar surface area (TPSA) is 31.2 Å². The maximum atomic E-state index is 6.47. The van der Waals surface area contributed by atoms with Crippen LogP contribution in [0.2, 0.25) is 0 Å². The second-order valence-corrected chi connectivity index (χ2v) is 14.9. The number of rotatable bonds is 5. The second-order valence-electron chi connectivity index (χ2n) is 14.9. The van der Waals surface area contributed by atoms with Crippen LogP contribution in [0.25, 0.3) is 116 Å². The van der Waals surface area contributed by atoms with Gasteiger partial charge in [-0.3, -0.25) is 0 Å². The Kier molecular flexibility index (Phi) is 6.93. The van der Waals surface area contributed by atoms with Crippen molar-refractivity contribution >= 4 is 65.7 Å². The molecule has 0 amide bonds. The standard InChI is InChI=1S/C54H33NO2/c1-4-12-34(13-5-1)39-26-40(35-14-6-2-7-15-35)28-41(27-39)38-22-25-52-46(31-38)48-32-47-45-30-37(21-24-51(45)56-53(47)33-54(48)57-52)36-20-23-50-44(29-36)43-18-10-11-19-49(43)55(50)42-16-8-3-9-17-42/h1-33H. The third-order valence-electron chi connectivity index (χ3n) is 11.6. The number of furan rings is 2. The third kappa shape index (κ3) is 5.13. The van der Waals surface area contributed by atoms with Crippen molar-refractivity contribution < 1.29 is 8.83 Å². The highest BCUT2D eigenvalue weighted by Crippen LogP contribution is 2.41. The van der Waals surface area contributed by atoms with E-state index in [4.69, 9.17) is 8.83 Å². The molecule has 0 radical (unpaired) electrons. The number of hydrogen-bond donors (Lipinski definition) is 0. The minimum atomic E-state index is 0.817. The van der Waals surface area contributed by atoms with E-state index in [0.29, 0.717) is 0 Å². The van der Waals surface area contributed by atoms with Gasteiger partial charge in [0.15, 0.2) is 0 Å². The van der Waals surface area contributed by atoms with E-state index in [9.17, 15) is 0 Å². The van der Waals surface area contributed by atoms with Gasteiger partial charge in [-0.1, -0.05) is 115 Å². The molecule has 3 heterocycles. The molecule has 3 aromatic heterocycles. The highest BCUT2D eigenvalue weighted by atomic mass is 16.3. The molecular weight excluding hydrogens is 695 g/mol. The summed E-state index contributed by atoms with van der Waals surface area (Å²) in [6.07, 6.45) is 0. The molecule has 0 N–H and O–H groups in total. The first-order chi connectivity index (χ1) is 28.2. The Balaban J connectivity index is 0.993. The fourth-order valence-electron chi connectivity index (χ4n) is 8.80. The summed E-state index contributed by atoms with van der Waals surface area (Å²) in [6.45, 7) is 0. The van der Waals surface area contributed by atoms with Gasteiger partial charge in [-0.15, -0.1) is 0 Å². The number of nitrogens with zero attached hydrogens (tertiary/aromatic N) is 1. The lowest BCUT2D eigenvalue weighted by Crippen LogP contribution is -1.92. The highest BCUT2D eigenvalue weighted by molar-refractivity contribution is 6.16. The molecule has 12 rings (SSSR count). The van der Waals surface area contributed by atoms with Gasteiger partial charge in [0.1, 0.15) is 22.3 Å². The second kappa shape index (κ2) is 12.5. The van der Waals surface area contributed by atoms with E-state index in [0.717, 1.165) is 66.3 Å². The SMILES string of the molecule is c1ccc(-c2cc(-c3ccccc3)cc(-c3ccc4oc5cc6oc7ccc(-c8ccc9c(c8)c8ccccc8n9-c8ccccc8)cc7c6cc5c4c3)c2)cc1. The normalized spacial score (nSPS) is 11.9. The lowest BCUT2D eigenvalue weighted by Gasteiger charge is -2.11. The van der Waals surface area contributed by atoms with Gasteiger partial charge in [-0.2, -0.15) is 0 Å². The van der Waals surface area contributed by atoms with E-state index in [2.05, 4.69) is 205 Å². The van der Waals surface area contributed by atoms with Crippen LogP contribution in [-0.4, -0.2) is 4.57 Å². The molecule has 0 unspecified atom stereocenters. The van der Waals surface area contributed by atoms with Crippen molar-refractivity contribution in [2.75, 3.05) is 0 Å². The number of aromatic nitrogens is 1. The van der Waals surface area contributed by atoms with Crippen LogP contribution in [0, 0.1) is 0 Å². The molecule has 3 nitrogen and oxygen atoms in total.